The normalized spacial score (nSPS) is 35.2. The third-order valence-corrected chi connectivity index (χ3v) is 8.10. The average molecular weight is 394 g/mol. The van der Waals surface area contributed by atoms with Crippen LogP contribution in [0.4, 0.5) is 10.5 Å². The quantitative estimate of drug-likeness (QED) is 0.612. The predicted molar refractivity (Wildman–Crippen MR) is 109 cm³/mol. The van der Waals surface area contributed by atoms with Gasteiger partial charge < -0.3 is 4.74 Å². The molecular weight excluding hydrogens is 370 g/mol. The molecule has 1 spiro atoms. The minimum atomic E-state index is -0.419. The molecule has 4 aliphatic carbocycles. The lowest BCUT2D eigenvalue weighted by Crippen LogP contribution is -2.61. The van der Waals surface area contributed by atoms with Gasteiger partial charge in [0.1, 0.15) is 5.60 Å². The van der Waals surface area contributed by atoms with Crippen LogP contribution in [0, 0.1) is 23.7 Å². The molecule has 2 aromatic rings. The van der Waals surface area contributed by atoms with E-state index in [0.717, 1.165) is 23.1 Å². The summed E-state index contributed by atoms with van der Waals surface area (Å²) < 4.78 is 6.45. The number of ether oxygens (including phenoxy) is 1. The first-order chi connectivity index (χ1) is 13.6. The van der Waals surface area contributed by atoms with Gasteiger partial charge in [0.15, 0.2) is 0 Å². The minimum Gasteiger partial charge on any atom is -0.437 e. The van der Waals surface area contributed by atoms with Gasteiger partial charge in [-0.05, 0) is 61.6 Å². The first-order valence-corrected chi connectivity index (χ1v) is 10.9. The van der Waals surface area contributed by atoms with Gasteiger partial charge >= 0.3 is 6.09 Å². The number of carbonyl (C=O) groups excluding carboxylic acids is 1. The van der Waals surface area contributed by atoms with Crippen LogP contribution in [0.5, 0.6) is 0 Å². The third-order valence-electron chi connectivity index (χ3n) is 7.73. The van der Waals surface area contributed by atoms with Crippen LogP contribution in [0.25, 0.3) is 0 Å². The van der Waals surface area contributed by atoms with Crippen LogP contribution < -0.4 is 4.90 Å². The van der Waals surface area contributed by atoms with Crippen molar-refractivity contribution in [3.8, 4) is 0 Å². The van der Waals surface area contributed by atoms with E-state index in [1.807, 2.05) is 30.3 Å². The highest BCUT2D eigenvalue weighted by molar-refractivity contribution is 6.31. The van der Waals surface area contributed by atoms with Crippen molar-refractivity contribution < 1.29 is 9.53 Å². The zero-order chi connectivity index (χ0) is 18.9. The molecule has 4 heteroatoms. The van der Waals surface area contributed by atoms with Gasteiger partial charge in [0, 0.05) is 22.4 Å². The molecule has 1 amide bonds. The van der Waals surface area contributed by atoms with E-state index in [2.05, 4.69) is 18.2 Å². The van der Waals surface area contributed by atoms with Crippen LogP contribution >= 0.6 is 11.6 Å². The maximum atomic E-state index is 13.3. The lowest BCUT2D eigenvalue weighted by atomic mass is 9.48. The van der Waals surface area contributed by atoms with Gasteiger partial charge in [-0.2, -0.15) is 0 Å². The van der Waals surface area contributed by atoms with Gasteiger partial charge in [0.2, 0.25) is 0 Å². The highest BCUT2D eigenvalue weighted by Gasteiger charge is 2.62. The number of benzene rings is 2. The van der Waals surface area contributed by atoms with E-state index >= 15 is 0 Å². The van der Waals surface area contributed by atoms with E-state index in [1.165, 1.54) is 37.7 Å². The Morgan fingerprint density at radius 1 is 0.929 bits per heavy atom. The van der Waals surface area contributed by atoms with E-state index in [4.69, 9.17) is 16.3 Å². The van der Waals surface area contributed by atoms with Crippen molar-refractivity contribution in [3.63, 3.8) is 0 Å². The summed E-state index contributed by atoms with van der Waals surface area (Å²) in [5.41, 5.74) is 2.75. The fourth-order valence-corrected chi connectivity index (χ4v) is 7.03. The first kappa shape index (κ1) is 16.9. The summed E-state index contributed by atoms with van der Waals surface area (Å²) in [5.74, 6) is 2.60. The van der Waals surface area contributed by atoms with Crippen LogP contribution in [0.2, 0.25) is 5.02 Å². The zero-order valence-corrected chi connectivity index (χ0v) is 16.6. The van der Waals surface area contributed by atoms with Gasteiger partial charge in [-0.15, -0.1) is 0 Å². The topological polar surface area (TPSA) is 29.5 Å². The molecule has 4 bridgehead atoms. The van der Waals surface area contributed by atoms with E-state index in [-0.39, 0.29) is 6.09 Å². The second kappa shape index (κ2) is 6.00. The molecule has 28 heavy (non-hydrogen) atoms. The molecule has 144 valence electrons. The molecule has 0 N–H and O–H groups in total. The van der Waals surface area contributed by atoms with Crippen molar-refractivity contribution >= 4 is 23.4 Å². The Labute approximate surface area is 170 Å². The van der Waals surface area contributed by atoms with Crippen LogP contribution in [0.15, 0.2) is 48.5 Å². The highest BCUT2D eigenvalue weighted by atomic mass is 35.5. The lowest BCUT2D eigenvalue weighted by molar-refractivity contribution is -0.181. The molecule has 3 nitrogen and oxygen atoms in total. The second-order valence-electron chi connectivity index (χ2n) is 9.16. The van der Waals surface area contributed by atoms with Gasteiger partial charge in [0.05, 0.1) is 12.2 Å². The number of hydrogen-bond donors (Lipinski definition) is 0. The second-order valence-corrected chi connectivity index (χ2v) is 9.57. The van der Waals surface area contributed by atoms with Crippen molar-refractivity contribution in [2.75, 3.05) is 4.90 Å². The SMILES string of the molecule is O=C1OC2(c3ccccc3N1Cc1ccccc1Cl)C1CC3CC(C1)CC2C3. The van der Waals surface area contributed by atoms with Crippen molar-refractivity contribution in [1.82, 2.24) is 0 Å². The summed E-state index contributed by atoms with van der Waals surface area (Å²) in [5, 5.41) is 0.683. The molecule has 0 radical (unpaired) electrons. The van der Waals surface area contributed by atoms with E-state index < -0.39 is 5.60 Å². The molecule has 1 heterocycles. The maximum absolute atomic E-state index is 13.3. The standard InChI is InChI=1S/C24H24ClNO2/c25-21-7-3-1-5-17(21)14-26-22-8-4-2-6-20(22)24(28-23(26)27)18-10-15-9-16(12-18)13-19(24)11-15/h1-8,15-16,18-19H,9-14H2. The number of halogens is 1. The summed E-state index contributed by atoms with van der Waals surface area (Å²) in [6.45, 7) is 0.437. The summed E-state index contributed by atoms with van der Waals surface area (Å²) in [7, 11) is 0. The number of amides is 1. The zero-order valence-electron chi connectivity index (χ0n) is 15.8. The van der Waals surface area contributed by atoms with Crippen LogP contribution in [-0.2, 0) is 16.9 Å². The largest absolute Gasteiger partial charge is 0.437 e. The summed E-state index contributed by atoms with van der Waals surface area (Å²) >= 11 is 6.38. The van der Waals surface area contributed by atoms with Gasteiger partial charge in [-0.3, -0.25) is 4.90 Å². The average Bonchev–Trinajstić information content (AvgIpc) is 2.69. The molecule has 0 saturated heterocycles. The Bertz CT molecular complexity index is 927. The van der Waals surface area contributed by atoms with Gasteiger partial charge in [-0.1, -0.05) is 48.0 Å². The maximum Gasteiger partial charge on any atom is 0.415 e. The van der Waals surface area contributed by atoms with E-state index in [9.17, 15) is 4.79 Å². The predicted octanol–water partition coefficient (Wildman–Crippen LogP) is 6.15. The Hall–Kier alpha value is -2.00. The number of hydrogen-bond acceptors (Lipinski definition) is 2. The lowest BCUT2D eigenvalue weighted by Gasteiger charge is -2.62. The Morgan fingerprint density at radius 3 is 2.29 bits per heavy atom. The molecule has 0 unspecified atom stereocenters. The van der Waals surface area contributed by atoms with E-state index in [0.29, 0.717) is 23.4 Å². The Balaban J connectivity index is 1.45. The van der Waals surface area contributed by atoms with Crippen molar-refractivity contribution in [2.24, 2.45) is 23.7 Å². The number of carbonyl (C=O) groups is 1. The van der Waals surface area contributed by atoms with Crippen LogP contribution in [0.1, 0.15) is 43.2 Å². The van der Waals surface area contributed by atoms with Gasteiger partial charge in [-0.25, -0.2) is 4.79 Å². The minimum absolute atomic E-state index is 0.217. The summed E-state index contributed by atoms with van der Waals surface area (Å²) in [6.07, 6.45) is 6.00. The molecular formula is C24H24ClNO2. The third kappa shape index (κ3) is 2.26. The van der Waals surface area contributed by atoms with Crippen molar-refractivity contribution in [1.29, 1.82) is 0 Å². The number of anilines is 1. The number of rotatable bonds is 2. The van der Waals surface area contributed by atoms with Crippen molar-refractivity contribution in [3.05, 3.63) is 64.7 Å². The molecule has 1 aliphatic heterocycles. The number of fused-ring (bicyclic) bond motifs is 1. The summed E-state index contributed by atoms with van der Waals surface area (Å²) in [6, 6.07) is 16.1. The Kier molecular flexibility index (Phi) is 3.62. The fraction of sp³-hybridized carbons (Fsp3) is 0.458. The molecule has 0 atom stereocenters. The first-order valence-electron chi connectivity index (χ1n) is 10.5. The van der Waals surface area contributed by atoms with E-state index in [1.54, 1.807) is 4.90 Å². The Morgan fingerprint density at radius 2 is 1.57 bits per heavy atom. The molecule has 0 aromatic heterocycles. The number of para-hydroxylation sites is 1. The van der Waals surface area contributed by atoms with Gasteiger partial charge in [0.25, 0.3) is 0 Å². The fourth-order valence-electron chi connectivity index (χ4n) is 6.83. The van der Waals surface area contributed by atoms with Crippen LogP contribution in [0.3, 0.4) is 0 Å². The number of nitrogens with zero attached hydrogens (tertiary/aromatic N) is 1. The molecule has 4 fully saturated rings. The smallest absolute Gasteiger partial charge is 0.415 e. The molecule has 5 aliphatic rings. The summed E-state index contributed by atoms with van der Waals surface area (Å²) in [4.78, 5) is 15.1. The molecule has 7 rings (SSSR count). The highest BCUT2D eigenvalue weighted by Crippen LogP contribution is 2.65. The van der Waals surface area contributed by atoms with Crippen molar-refractivity contribution in [2.45, 2.75) is 44.2 Å². The monoisotopic (exact) mass is 393 g/mol. The van der Waals surface area contributed by atoms with Crippen LogP contribution in [-0.4, -0.2) is 6.09 Å². The molecule has 2 aromatic carbocycles. The molecule has 4 saturated carbocycles.